The quantitative estimate of drug-likeness (QED) is 0.912. The molecule has 0 amide bonds. The van der Waals surface area contributed by atoms with Crippen LogP contribution in [0.3, 0.4) is 0 Å². The first-order chi connectivity index (χ1) is 10.2. The lowest BCUT2D eigenvalue weighted by molar-refractivity contribution is 0.409. The maximum atomic E-state index is 9.21. The SMILES string of the molecule is COc1ccc(C)cc1CNc1c(C#N)cccc1OC. The molecule has 21 heavy (non-hydrogen) atoms. The van der Waals surface area contributed by atoms with Crippen LogP contribution in [0.2, 0.25) is 0 Å². The van der Waals surface area contributed by atoms with Crippen LogP contribution in [0.15, 0.2) is 36.4 Å². The summed E-state index contributed by atoms with van der Waals surface area (Å²) in [4.78, 5) is 0. The Balaban J connectivity index is 2.28. The fourth-order valence-electron chi connectivity index (χ4n) is 2.21. The molecule has 0 aliphatic rings. The third-order valence-electron chi connectivity index (χ3n) is 3.26. The van der Waals surface area contributed by atoms with E-state index in [1.165, 1.54) is 0 Å². The highest BCUT2D eigenvalue weighted by atomic mass is 16.5. The topological polar surface area (TPSA) is 54.3 Å². The number of aryl methyl sites for hydroxylation is 1. The smallest absolute Gasteiger partial charge is 0.143 e. The van der Waals surface area contributed by atoms with E-state index in [0.717, 1.165) is 16.9 Å². The van der Waals surface area contributed by atoms with Gasteiger partial charge in [-0.25, -0.2) is 0 Å². The second kappa shape index (κ2) is 6.67. The molecule has 0 unspecified atom stereocenters. The number of benzene rings is 2. The minimum absolute atomic E-state index is 0.555. The summed E-state index contributed by atoms with van der Waals surface area (Å²) < 4.78 is 10.7. The predicted molar refractivity (Wildman–Crippen MR) is 82.8 cm³/mol. The Morgan fingerprint density at radius 1 is 1.10 bits per heavy atom. The lowest BCUT2D eigenvalue weighted by Crippen LogP contribution is -2.05. The monoisotopic (exact) mass is 282 g/mol. The third kappa shape index (κ3) is 3.26. The van der Waals surface area contributed by atoms with Gasteiger partial charge >= 0.3 is 0 Å². The van der Waals surface area contributed by atoms with Gasteiger partial charge in [0, 0.05) is 12.1 Å². The molecule has 0 radical (unpaired) electrons. The average molecular weight is 282 g/mol. The molecule has 2 rings (SSSR count). The molecule has 0 heterocycles. The molecular formula is C17H18N2O2. The summed E-state index contributed by atoms with van der Waals surface area (Å²) in [6.07, 6.45) is 0. The molecular weight excluding hydrogens is 264 g/mol. The molecule has 0 aromatic heterocycles. The zero-order valence-corrected chi connectivity index (χ0v) is 12.4. The Bertz CT molecular complexity index is 675. The second-order valence-electron chi connectivity index (χ2n) is 4.66. The number of para-hydroxylation sites is 1. The second-order valence-corrected chi connectivity index (χ2v) is 4.66. The number of hydrogen-bond acceptors (Lipinski definition) is 4. The van der Waals surface area contributed by atoms with Crippen LogP contribution in [0, 0.1) is 18.3 Å². The van der Waals surface area contributed by atoms with Gasteiger partial charge in [-0.2, -0.15) is 5.26 Å². The van der Waals surface area contributed by atoms with Crippen LogP contribution in [-0.4, -0.2) is 14.2 Å². The minimum Gasteiger partial charge on any atom is -0.496 e. The molecule has 108 valence electrons. The first-order valence-corrected chi connectivity index (χ1v) is 6.64. The third-order valence-corrected chi connectivity index (χ3v) is 3.26. The molecule has 0 saturated carbocycles. The Kier molecular flexibility index (Phi) is 4.68. The summed E-state index contributed by atoms with van der Waals surface area (Å²) in [5, 5.41) is 12.5. The van der Waals surface area contributed by atoms with Gasteiger partial charge in [0.05, 0.1) is 25.5 Å². The number of hydrogen-bond donors (Lipinski definition) is 1. The highest BCUT2D eigenvalue weighted by molar-refractivity contribution is 5.66. The van der Waals surface area contributed by atoms with Gasteiger partial charge in [-0.15, -0.1) is 0 Å². The van der Waals surface area contributed by atoms with Crippen LogP contribution in [0.1, 0.15) is 16.7 Å². The molecule has 0 aliphatic heterocycles. The number of nitrogens with one attached hydrogen (secondary N) is 1. The predicted octanol–water partition coefficient (Wildman–Crippen LogP) is 3.50. The molecule has 2 aromatic rings. The summed E-state index contributed by atoms with van der Waals surface area (Å²) in [5.41, 5.74) is 3.45. The van der Waals surface area contributed by atoms with E-state index < -0.39 is 0 Å². The van der Waals surface area contributed by atoms with Gasteiger partial charge in [0.15, 0.2) is 0 Å². The normalized spacial score (nSPS) is 9.81. The summed E-state index contributed by atoms with van der Waals surface area (Å²) in [6, 6.07) is 13.6. The summed E-state index contributed by atoms with van der Waals surface area (Å²) in [7, 11) is 3.24. The van der Waals surface area contributed by atoms with Crippen molar-refractivity contribution in [1.29, 1.82) is 5.26 Å². The fraction of sp³-hybridized carbons (Fsp3) is 0.235. The summed E-state index contributed by atoms with van der Waals surface area (Å²) >= 11 is 0. The van der Waals surface area contributed by atoms with Gasteiger partial charge in [-0.3, -0.25) is 0 Å². The van der Waals surface area contributed by atoms with Crippen LogP contribution in [0.5, 0.6) is 11.5 Å². The fourth-order valence-corrected chi connectivity index (χ4v) is 2.21. The van der Waals surface area contributed by atoms with Crippen molar-refractivity contribution in [3.8, 4) is 17.6 Å². The molecule has 0 saturated heterocycles. The van der Waals surface area contributed by atoms with Crippen LogP contribution in [0.25, 0.3) is 0 Å². The lowest BCUT2D eigenvalue weighted by Gasteiger charge is -2.14. The molecule has 1 N–H and O–H groups in total. The molecule has 0 atom stereocenters. The van der Waals surface area contributed by atoms with Crippen molar-refractivity contribution in [2.45, 2.75) is 13.5 Å². The van der Waals surface area contributed by atoms with E-state index in [1.807, 2.05) is 25.1 Å². The van der Waals surface area contributed by atoms with Crippen molar-refractivity contribution in [2.75, 3.05) is 19.5 Å². The van der Waals surface area contributed by atoms with Crippen molar-refractivity contribution in [1.82, 2.24) is 0 Å². The van der Waals surface area contributed by atoms with Crippen LogP contribution in [-0.2, 0) is 6.54 Å². The van der Waals surface area contributed by atoms with Crippen molar-refractivity contribution < 1.29 is 9.47 Å². The van der Waals surface area contributed by atoms with Gasteiger partial charge in [-0.1, -0.05) is 23.8 Å². The van der Waals surface area contributed by atoms with Crippen LogP contribution in [0.4, 0.5) is 5.69 Å². The Morgan fingerprint density at radius 2 is 1.86 bits per heavy atom. The van der Waals surface area contributed by atoms with E-state index in [-0.39, 0.29) is 0 Å². The largest absolute Gasteiger partial charge is 0.496 e. The molecule has 0 aliphatic carbocycles. The average Bonchev–Trinajstić information content (AvgIpc) is 2.52. The van der Waals surface area contributed by atoms with Crippen molar-refractivity contribution in [3.63, 3.8) is 0 Å². The van der Waals surface area contributed by atoms with Gasteiger partial charge in [0.25, 0.3) is 0 Å². The molecule has 4 nitrogen and oxygen atoms in total. The van der Waals surface area contributed by atoms with Crippen molar-refractivity contribution >= 4 is 5.69 Å². The van der Waals surface area contributed by atoms with Gasteiger partial charge in [-0.05, 0) is 25.1 Å². The van der Waals surface area contributed by atoms with E-state index in [2.05, 4.69) is 17.5 Å². The van der Waals surface area contributed by atoms with Crippen molar-refractivity contribution in [3.05, 3.63) is 53.1 Å². The van der Waals surface area contributed by atoms with E-state index in [1.54, 1.807) is 26.4 Å². The Labute approximate surface area is 124 Å². The molecule has 0 fully saturated rings. The molecule has 4 heteroatoms. The summed E-state index contributed by atoms with van der Waals surface area (Å²) in [6.45, 7) is 2.59. The number of rotatable bonds is 5. The van der Waals surface area contributed by atoms with Crippen LogP contribution < -0.4 is 14.8 Å². The lowest BCUT2D eigenvalue weighted by atomic mass is 10.1. The van der Waals surface area contributed by atoms with Crippen LogP contribution >= 0.6 is 0 Å². The number of nitriles is 1. The molecule has 0 bridgehead atoms. The molecule has 0 spiro atoms. The van der Waals surface area contributed by atoms with E-state index in [0.29, 0.717) is 23.5 Å². The zero-order valence-electron chi connectivity index (χ0n) is 12.4. The minimum atomic E-state index is 0.555. The highest BCUT2D eigenvalue weighted by Crippen LogP contribution is 2.29. The first kappa shape index (κ1) is 14.7. The maximum absolute atomic E-state index is 9.21. The maximum Gasteiger partial charge on any atom is 0.143 e. The number of ether oxygens (including phenoxy) is 2. The van der Waals surface area contributed by atoms with E-state index in [9.17, 15) is 5.26 Å². The van der Waals surface area contributed by atoms with E-state index in [4.69, 9.17) is 9.47 Å². The van der Waals surface area contributed by atoms with Gasteiger partial charge < -0.3 is 14.8 Å². The zero-order chi connectivity index (χ0) is 15.2. The van der Waals surface area contributed by atoms with Gasteiger partial charge in [0.1, 0.15) is 17.6 Å². The first-order valence-electron chi connectivity index (χ1n) is 6.64. The summed E-state index contributed by atoms with van der Waals surface area (Å²) in [5.74, 6) is 1.47. The highest BCUT2D eigenvalue weighted by Gasteiger charge is 2.10. The Morgan fingerprint density at radius 3 is 2.52 bits per heavy atom. The number of anilines is 1. The Hall–Kier alpha value is -2.67. The standard InChI is InChI=1S/C17H18N2O2/c1-12-7-8-15(20-2)14(9-12)11-19-17-13(10-18)5-4-6-16(17)21-3/h4-9,19H,11H2,1-3H3. The molecule has 2 aromatic carbocycles. The number of methoxy groups -OCH3 is 2. The van der Waals surface area contributed by atoms with Crippen molar-refractivity contribution in [2.24, 2.45) is 0 Å². The number of nitrogens with zero attached hydrogens (tertiary/aromatic N) is 1. The van der Waals surface area contributed by atoms with Gasteiger partial charge in [0.2, 0.25) is 0 Å². The van der Waals surface area contributed by atoms with E-state index >= 15 is 0 Å².